The number of rotatable bonds is 4. The predicted molar refractivity (Wildman–Crippen MR) is 51.7 cm³/mol. The van der Waals surface area contributed by atoms with Gasteiger partial charge in [-0.25, -0.2) is 0 Å². The summed E-state index contributed by atoms with van der Waals surface area (Å²) >= 11 is 0. The van der Waals surface area contributed by atoms with Crippen LogP contribution in [0.4, 0.5) is 0 Å². The van der Waals surface area contributed by atoms with Gasteiger partial charge in [0.05, 0.1) is 0 Å². The van der Waals surface area contributed by atoms with Gasteiger partial charge in [-0.2, -0.15) is 4.98 Å². The minimum Gasteiger partial charge on any atom is -0.339 e. The first-order chi connectivity index (χ1) is 6.88. The smallest absolute Gasteiger partial charge is 0.227 e. The fourth-order valence-electron chi connectivity index (χ4n) is 1.74. The summed E-state index contributed by atoms with van der Waals surface area (Å²) in [7, 11) is 0. The molecule has 78 valence electrons. The number of nitrogens with two attached hydrogens (primary N) is 1. The van der Waals surface area contributed by atoms with Crippen LogP contribution in [0.25, 0.3) is 0 Å². The summed E-state index contributed by atoms with van der Waals surface area (Å²) in [5, 5.41) is 7.25. The van der Waals surface area contributed by atoms with Crippen molar-refractivity contribution in [2.24, 2.45) is 11.7 Å². The SMILES string of the molecule is NCCc1nc(CC2CCNC2)no1. The molecule has 1 aliphatic heterocycles. The van der Waals surface area contributed by atoms with E-state index in [4.69, 9.17) is 10.3 Å². The van der Waals surface area contributed by atoms with Gasteiger partial charge in [-0.3, -0.25) is 0 Å². The van der Waals surface area contributed by atoms with Crippen molar-refractivity contribution >= 4 is 0 Å². The van der Waals surface area contributed by atoms with Crippen LogP contribution in [0, 0.1) is 5.92 Å². The Hall–Kier alpha value is -0.940. The Morgan fingerprint density at radius 3 is 3.21 bits per heavy atom. The molecule has 1 fully saturated rings. The maximum absolute atomic E-state index is 5.40. The lowest BCUT2D eigenvalue weighted by molar-refractivity contribution is 0.371. The molecule has 1 saturated heterocycles. The Bertz CT molecular complexity index is 280. The average Bonchev–Trinajstić information content (AvgIpc) is 2.79. The number of aromatic nitrogens is 2. The van der Waals surface area contributed by atoms with Crippen molar-refractivity contribution in [2.45, 2.75) is 19.3 Å². The molecule has 2 rings (SSSR count). The third kappa shape index (κ3) is 2.30. The standard InChI is InChI=1S/C9H16N4O/c10-3-1-9-12-8(13-14-9)5-7-2-4-11-6-7/h7,11H,1-6,10H2. The van der Waals surface area contributed by atoms with E-state index in [9.17, 15) is 0 Å². The summed E-state index contributed by atoms with van der Waals surface area (Å²) in [5.41, 5.74) is 5.40. The van der Waals surface area contributed by atoms with Crippen molar-refractivity contribution in [1.29, 1.82) is 0 Å². The Labute approximate surface area is 83.1 Å². The summed E-state index contributed by atoms with van der Waals surface area (Å²) in [4.78, 5) is 4.28. The first-order valence-electron chi connectivity index (χ1n) is 5.10. The van der Waals surface area contributed by atoms with Crippen LogP contribution in [0.2, 0.25) is 0 Å². The third-order valence-electron chi connectivity index (χ3n) is 2.50. The summed E-state index contributed by atoms with van der Waals surface area (Å²) in [6.07, 6.45) is 2.80. The summed E-state index contributed by atoms with van der Waals surface area (Å²) in [6, 6.07) is 0. The van der Waals surface area contributed by atoms with E-state index in [-0.39, 0.29) is 0 Å². The second-order valence-corrected chi connectivity index (χ2v) is 3.71. The van der Waals surface area contributed by atoms with Crippen molar-refractivity contribution in [3.63, 3.8) is 0 Å². The van der Waals surface area contributed by atoms with Gasteiger partial charge >= 0.3 is 0 Å². The molecule has 5 heteroatoms. The molecule has 14 heavy (non-hydrogen) atoms. The third-order valence-corrected chi connectivity index (χ3v) is 2.50. The maximum Gasteiger partial charge on any atom is 0.227 e. The number of nitrogens with one attached hydrogen (secondary N) is 1. The normalized spacial score (nSPS) is 21.6. The second-order valence-electron chi connectivity index (χ2n) is 3.71. The van der Waals surface area contributed by atoms with Gasteiger partial charge in [0.25, 0.3) is 0 Å². The molecule has 1 unspecified atom stereocenters. The van der Waals surface area contributed by atoms with Gasteiger partial charge in [-0.05, 0) is 25.4 Å². The van der Waals surface area contributed by atoms with Crippen molar-refractivity contribution in [2.75, 3.05) is 19.6 Å². The molecule has 1 aromatic rings. The first-order valence-corrected chi connectivity index (χ1v) is 5.10. The highest BCUT2D eigenvalue weighted by Gasteiger charge is 2.17. The maximum atomic E-state index is 5.40. The number of hydrogen-bond donors (Lipinski definition) is 2. The molecule has 1 aromatic heterocycles. The first kappa shape index (κ1) is 9.61. The molecule has 1 aliphatic rings. The van der Waals surface area contributed by atoms with Crippen LogP contribution in [-0.4, -0.2) is 29.8 Å². The molecule has 0 bridgehead atoms. The molecule has 0 amide bonds. The number of hydrogen-bond acceptors (Lipinski definition) is 5. The lowest BCUT2D eigenvalue weighted by Crippen LogP contribution is -2.11. The van der Waals surface area contributed by atoms with Crippen LogP contribution in [0.15, 0.2) is 4.52 Å². The monoisotopic (exact) mass is 196 g/mol. The molecule has 0 aromatic carbocycles. The highest BCUT2D eigenvalue weighted by molar-refractivity contribution is 4.90. The molecule has 1 atom stereocenters. The molecule has 0 aliphatic carbocycles. The Balaban J connectivity index is 1.88. The quantitative estimate of drug-likeness (QED) is 0.692. The van der Waals surface area contributed by atoms with Gasteiger partial charge in [0.15, 0.2) is 5.82 Å². The van der Waals surface area contributed by atoms with E-state index in [1.807, 2.05) is 0 Å². The highest BCUT2D eigenvalue weighted by Crippen LogP contribution is 2.12. The molecule has 0 radical (unpaired) electrons. The van der Waals surface area contributed by atoms with Gasteiger partial charge in [0, 0.05) is 19.4 Å². The Morgan fingerprint density at radius 1 is 1.57 bits per heavy atom. The second kappa shape index (κ2) is 4.52. The lowest BCUT2D eigenvalue weighted by atomic mass is 10.1. The van der Waals surface area contributed by atoms with E-state index in [0.29, 0.717) is 24.8 Å². The van der Waals surface area contributed by atoms with E-state index in [1.54, 1.807) is 0 Å². The Morgan fingerprint density at radius 2 is 2.50 bits per heavy atom. The minimum absolute atomic E-state index is 0.562. The van der Waals surface area contributed by atoms with Gasteiger partial charge < -0.3 is 15.6 Å². The predicted octanol–water partition coefficient (Wildman–Crippen LogP) is -0.277. The van der Waals surface area contributed by atoms with E-state index in [1.165, 1.54) is 6.42 Å². The van der Waals surface area contributed by atoms with Gasteiger partial charge in [0.2, 0.25) is 5.89 Å². The molecule has 5 nitrogen and oxygen atoms in total. The largest absolute Gasteiger partial charge is 0.339 e. The molecule has 0 spiro atoms. The van der Waals surface area contributed by atoms with Crippen molar-refractivity contribution < 1.29 is 4.52 Å². The average molecular weight is 196 g/mol. The topological polar surface area (TPSA) is 77.0 Å². The zero-order valence-corrected chi connectivity index (χ0v) is 8.20. The van der Waals surface area contributed by atoms with Crippen LogP contribution in [-0.2, 0) is 12.8 Å². The van der Waals surface area contributed by atoms with Crippen LogP contribution in [0.5, 0.6) is 0 Å². The van der Waals surface area contributed by atoms with Crippen LogP contribution >= 0.6 is 0 Å². The van der Waals surface area contributed by atoms with Crippen LogP contribution in [0.1, 0.15) is 18.1 Å². The van der Waals surface area contributed by atoms with E-state index in [2.05, 4.69) is 15.5 Å². The van der Waals surface area contributed by atoms with Crippen molar-refractivity contribution in [1.82, 2.24) is 15.5 Å². The molecule has 2 heterocycles. The molecular weight excluding hydrogens is 180 g/mol. The molecule has 0 saturated carbocycles. The van der Waals surface area contributed by atoms with Gasteiger partial charge in [0.1, 0.15) is 0 Å². The fraction of sp³-hybridized carbons (Fsp3) is 0.778. The van der Waals surface area contributed by atoms with E-state index < -0.39 is 0 Å². The minimum atomic E-state index is 0.562. The molecular formula is C9H16N4O. The zero-order valence-electron chi connectivity index (χ0n) is 8.20. The van der Waals surface area contributed by atoms with Crippen molar-refractivity contribution in [3.05, 3.63) is 11.7 Å². The molecule has 3 N–H and O–H groups in total. The fourth-order valence-corrected chi connectivity index (χ4v) is 1.74. The lowest BCUT2D eigenvalue weighted by Gasteiger charge is -2.01. The summed E-state index contributed by atoms with van der Waals surface area (Å²) < 4.78 is 5.05. The zero-order chi connectivity index (χ0) is 9.80. The Kier molecular flexibility index (Phi) is 3.10. The van der Waals surface area contributed by atoms with Crippen LogP contribution in [0.3, 0.4) is 0 Å². The summed E-state index contributed by atoms with van der Waals surface area (Å²) in [6.45, 7) is 2.74. The van der Waals surface area contributed by atoms with Gasteiger partial charge in [-0.1, -0.05) is 5.16 Å². The van der Waals surface area contributed by atoms with Gasteiger partial charge in [-0.15, -0.1) is 0 Å². The van der Waals surface area contributed by atoms with Crippen molar-refractivity contribution in [3.8, 4) is 0 Å². The van der Waals surface area contributed by atoms with E-state index in [0.717, 1.165) is 25.3 Å². The highest BCUT2D eigenvalue weighted by atomic mass is 16.5. The van der Waals surface area contributed by atoms with E-state index >= 15 is 0 Å². The van der Waals surface area contributed by atoms with Crippen LogP contribution < -0.4 is 11.1 Å². The summed E-state index contributed by atoms with van der Waals surface area (Å²) in [5.74, 6) is 2.15. The number of nitrogens with zero attached hydrogens (tertiary/aromatic N) is 2.